The zero-order valence-electron chi connectivity index (χ0n) is 10.0. The Bertz CT molecular complexity index is 418. The fourth-order valence-electron chi connectivity index (χ4n) is 1.38. The van der Waals surface area contributed by atoms with Gasteiger partial charge in [-0.15, -0.1) is 5.98 Å². The highest BCUT2D eigenvalue weighted by Gasteiger charge is 2.04. The van der Waals surface area contributed by atoms with Crippen molar-refractivity contribution in [1.82, 2.24) is 0 Å². The lowest BCUT2D eigenvalue weighted by Gasteiger charge is -2.06. The van der Waals surface area contributed by atoms with Crippen LogP contribution in [0.5, 0.6) is 0 Å². The molecular weight excluding hydrogens is 229 g/mol. The van der Waals surface area contributed by atoms with Crippen molar-refractivity contribution in [3.63, 3.8) is 0 Å². The van der Waals surface area contributed by atoms with Gasteiger partial charge in [0.15, 0.2) is 0 Å². The number of nitrogens with two attached hydrogens (primary N) is 1. The predicted octanol–water partition coefficient (Wildman–Crippen LogP) is 1.05. The Labute approximate surface area is 107 Å². The molecule has 2 rings (SSSR count). The third-order valence-corrected chi connectivity index (χ3v) is 2.35. The largest absolute Gasteiger partial charge is 0.519 e. The van der Waals surface area contributed by atoms with E-state index in [-0.39, 0.29) is 24.1 Å². The van der Waals surface area contributed by atoms with Gasteiger partial charge in [0.05, 0.1) is 12.3 Å². The molecule has 95 valence electrons. The van der Waals surface area contributed by atoms with Crippen molar-refractivity contribution < 1.29 is 15.3 Å². The highest BCUT2D eigenvalue weighted by Crippen LogP contribution is 2.04. The first-order chi connectivity index (χ1) is 8.63. The lowest BCUT2D eigenvalue weighted by atomic mass is 9.80. The quantitative estimate of drug-likeness (QED) is 0.600. The Hall–Kier alpha value is -1.72. The monoisotopic (exact) mass is 246 g/mol. The van der Waals surface area contributed by atoms with E-state index in [1.54, 1.807) is 5.98 Å². The van der Waals surface area contributed by atoms with E-state index in [0.29, 0.717) is 0 Å². The van der Waals surface area contributed by atoms with E-state index in [4.69, 9.17) is 21.1 Å². The molecule has 5 heteroatoms. The second-order valence-electron chi connectivity index (χ2n) is 3.93. The fourth-order valence-corrected chi connectivity index (χ4v) is 1.38. The van der Waals surface area contributed by atoms with Gasteiger partial charge < -0.3 is 21.1 Å². The second kappa shape index (κ2) is 7.58. The molecule has 1 radical (unpaired) electrons. The summed E-state index contributed by atoms with van der Waals surface area (Å²) < 4.78 is 0. The van der Waals surface area contributed by atoms with Crippen molar-refractivity contribution in [3.05, 3.63) is 59.4 Å². The predicted molar refractivity (Wildman–Crippen MR) is 72.4 cm³/mol. The zero-order valence-corrected chi connectivity index (χ0v) is 10.0. The third-order valence-electron chi connectivity index (χ3n) is 2.35. The van der Waals surface area contributed by atoms with E-state index >= 15 is 0 Å². The van der Waals surface area contributed by atoms with Gasteiger partial charge in [-0.25, -0.2) is 0 Å². The van der Waals surface area contributed by atoms with Crippen molar-refractivity contribution in [2.75, 3.05) is 6.61 Å². The second-order valence-corrected chi connectivity index (χ2v) is 3.93. The SMILES string of the molecule is NC(CO)Cc1ccccc1.OC1=C(O)C=C[B]1. The summed E-state index contributed by atoms with van der Waals surface area (Å²) in [6, 6.07) is 9.80. The number of aliphatic hydroxyl groups excluding tert-OH is 3. The lowest BCUT2D eigenvalue weighted by molar-refractivity contribution is 0.265. The summed E-state index contributed by atoms with van der Waals surface area (Å²) in [6.07, 6.45) is 2.17. The van der Waals surface area contributed by atoms with Crippen LogP contribution < -0.4 is 5.73 Å². The van der Waals surface area contributed by atoms with Crippen LogP contribution in [-0.2, 0) is 6.42 Å². The molecule has 0 amide bonds. The summed E-state index contributed by atoms with van der Waals surface area (Å²) >= 11 is 0. The van der Waals surface area contributed by atoms with Gasteiger partial charge in [0.2, 0.25) is 7.28 Å². The Kier molecular flexibility index (Phi) is 6.04. The highest BCUT2D eigenvalue weighted by atomic mass is 16.3. The van der Waals surface area contributed by atoms with Crippen LogP contribution in [0.4, 0.5) is 0 Å². The molecule has 18 heavy (non-hydrogen) atoms. The van der Waals surface area contributed by atoms with Gasteiger partial charge in [-0.3, -0.25) is 0 Å². The molecule has 0 saturated carbocycles. The van der Waals surface area contributed by atoms with Crippen LogP contribution in [0.15, 0.2) is 53.8 Å². The molecule has 1 unspecified atom stereocenters. The van der Waals surface area contributed by atoms with Gasteiger partial charge >= 0.3 is 0 Å². The van der Waals surface area contributed by atoms with Crippen LogP contribution in [-0.4, -0.2) is 35.2 Å². The maximum Gasteiger partial charge on any atom is 0.235 e. The van der Waals surface area contributed by atoms with Crippen LogP contribution in [0.25, 0.3) is 0 Å². The van der Waals surface area contributed by atoms with Crippen LogP contribution in [0.1, 0.15) is 5.56 Å². The van der Waals surface area contributed by atoms with Crippen molar-refractivity contribution in [3.8, 4) is 0 Å². The minimum Gasteiger partial charge on any atom is -0.519 e. The van der Waals surface area contributed by atoms with Crippen molar-refractivity contribution in [1.29, 1.82) is 0 Å². The van der Waals surface area contributed by atoms with E-state index < -0.39 is 0 Å². The molecule has 1 atom stereocenters. The van der Waals surface area contributed by atoms with Crippen molar-refractivity contribution >= 4 is 7.28 Å². The topological polar surface area (TPSA) is 86.7 Å². The van der Waals surface area contributed by atoms with Crippen molar-refractivity contribution in [2.24, 2.45) is 5.73 Å². The van der Waals surface area contributed by atoms with Crippen LogP contribution >= 0.6 is 0 Å². The molecule has 0 aromatic heterocycles. The van der Waals surface area contributed by atoms with Gasteiger partial charge in [0.1, 0.15) is 5.76 Å². The number of hydrogen-bond donors (Lipinski definition) is 4. The van der Waals surface area contributed by atoms with Crippen molar-refractivity contribution in [2.45, 2.75) is 12.5 Å². The molecule has 4 nitrogen and oxygen atoms in total. The first-order valence-corrected chi connectivity index (χ1v) is 5.67. The minimum absolute atomic E-state index is 0.0505. The highest BCUT2D eigenvalue weighted by molar-refractivity contribution is 6.51. The summed E-state index contributed by atoms with van der Waals surface area (Å²) in [6.45, 7) is 0.0505. The van der Waals surface area contributed by atoms with Gasteiger partial charge in [-0.05, 0) is 18.1 Å². The van der Waals surface area contributed by atoms with Gasteiger partial charge in [0.25, 0.3) is 0 Å². The Balaban J connectivity index is 0.000000199. The molecule has 5 N–H and O–H groups in total. The molecular formula is C13H17BNO3. The zero-order chi connectivity index (χ0) is 13.4. The average molecular weight is 246 g/mol. The molecule has 0 saturated heterocycles. The fraction of sp³-hybridized carbons (Fsp3) is 0.231. The van der Waals surface area contributed by atoms with E-state index in [1.807, 2.05) is 30.3 Å². The smallest absolute Gasteiger partial charge is 0.235 e. The summed E-state index contributed by atoms with van der Waals surface area (Å²) in [5.41, 5.74) is 6.67. The normalized spacial score (nSPS) is 14.8. The number of rotatable bonds is 3. The maximum absolute atomic E-state index is 8.67. The molecule has 0 bridgehead atoms. The Morgan fingerprint density at radius 2 is 1.83 bits per heavy atom. The molecule has 1 heterocycles. The number of allylic oxidation sites excluding steroid dienone is 1. The summed E-state index contributed by atoms with van der Waals surface area (Å²) in [4.78, 5) is 0. The van der Waals surface area contributed by atoms with Gasteiger partial charge in [0, 0.05) is 6.04 Å². The minimum atomic E-state index is -0.127. The molecule has 0 spiro atoms. The number of aliphatic hydroxyl groups is 3. The van der Waals surface area contributed by atoms with E-state index in [9.17, 15) is 0 Å². The summed E-state index contributed by atoms with van der Waals surface area (Å²) in [5, 5.41) is 25.7. The van der Waals surface area contributed by atoms with Gasteiger partial charge in [-0.1, -0.05) is 30.3 Å². The van der Waals surface area contributed by atoms with Crippen LogP contribution in [0.3, 0.4) is 0 Å². The standard InChI is InChI=1S/C9H13NO.C4H4BO2/c10-9(7-11)6-8-4-2-1-3-5-8;6-3-1-2-5-4(3)7/h1-5,9,11H,6-7,10H2;1-2,6-7H. The summed E-state index contributed by atoms with van der Waals surface area (Å²) in [7, 11) is 1.43. The Morgan fingerprint density at radius 1 is 1.17 bits per heavy atom. The summed E-state index contributed by atoms with van der Waals surface area (Å²) in [5.74, 6) is 1.52. The van der Waals surface area contributed by atoms with E-state index in [2.05, 4.69) is 0 Å². The average Bonchev–Trinajstić information content (AvgIpc) is 2.76. The Morgan fingerprint density at radius 3 is 2.22 bits per heavy atom. The molecule has 0 fully saturated rings. The molecule has 1 aliphatic rings. The third kappa shape index (κ3) is 5.08. The van der Waals surface area contributed by atoms with Crippen LogP contribution in [0.2, 0.25) is 0 Å². The number of benzene rings is 1. The molecule has 1 aromatic rings. The van der Waals surface area contributed by atoms with E-state index in [0.717, 1.165) is 6.42 Å². The molecule has 0 aliphatic carbocycles. The molecule has 1 aliphatic heterocycles. The first-order valence-electron chi connectivity index (χ1n) is 5.67. The number of hydrogen-bond acceptors (Lipinski definition) is 4. The van der Waals surface area contributed by atoms with Gasteiger partial charge in [-0.2, -0.15) is 0 Å². The lowest BCUT2D eigenvalue weighted by Crippen LogP contribution is -2.26. The first kappa shape index (κ1) is 14.3. The molecule has 1 aromatic carbocycles. The maximum atomic E-state index is 8.67. The van der Waals surface area contributed by atoms with Crippen LogP contribution in [0, 0.1) is 0 Å². The van der Waals surface area contributed by atoms with E-state index in [1.165, 1.54) is 18.9 Å².